The van der Waals surface area contributed by atoms with Crippen molar-refractivity contribution in [3.8, 4) is 0 Å². The SMILES string of the molecule is CCc1ccc([C@@H](NCC(=O)NN2C(=O)N[C@@](C)(c3ccccc3)C2=O)C(C)C)cc1. The molecule has 0 radical (unpaired) electrons. The number of hydrogen-bond acceptors (Lipinski definition) is 4. The molecule has 2 aromatic rings. The fourth-order valence-electron chi connectivity index (χ4n) is 3.77. The van der Waals surface area contributed by atoms with Crippen molar-refractivity contribution in [2.75, 3.05) is 6.54 Å². The third-order valence-corrected chi connectivity index (χ3v) is 5.67. The second kappa shape index (κ2) is 9.31. The quantitative estimate of drug-likeness (QED) is 0.571. The van der Waals surface area contributed by atoms with Gasteiger partial charge in [-0.2, -0.15) is 5.01 Å². The van der Waals surface area contributed by atoms with Crippen molar-refractivity contribution < 1.29 is 14.4 Å². The molecule has 164 valence electrons. The lowest BCUT2D eigenvalue weighted by atomic mass is 9.92. The highest BCUT2D eigenvalue weighted by molar-refractivity contribution is 6.08. The lowest BCUT2D eigenvalue weighted by molar-refractivity contribution is -0.138. The second-order valence-electron chi connectivity index (χ2n) is 8.29. The van der Waals surface area contributed by atoms with Crippen LogP contribution in [0, 0.1) is 5.92 Å². The molecular formula is C24H30N4O3. The molecule has 0 aliphatic carbocycles. The van der Waals surface area contributed by atoms with E-state index in [0.29, 0.717) is 5.56 Å². The van der Waals surface area contributed by atoms with Crippen molar-refractivity contribution in [3.63, 3.8) is 0 Å². The van der Waals surface area contributed by atoms with Crippen LogP contribution in [-0.2, 0) is 21.5 Å². The zero-order valence-electron chi connectivity index (χ0n) is 18.4. The molecule has 1 heterocycles. The lowest BCUT2D eigenvalue weighted by Crippen LogP contribution is -2.50. The maximum atomic E-state index is 12.9. The van der Waals surface area contributed by atoms with Crippen LogP contribution in [0.4, 0.5) is 4.79 Å². The van der Waals surface area contributed by atoms with E-state index < -0.39 is 23.4 Å². The molecule has 0 bridgehead atoms. The summed E-state index contributed by atoms with van der Waals surface area (Å²) in [7, 11) is 0. The lowest BCUT2D eigenvalue weighted by Gasteiger charge is -2.24. The summed E-state index contributed by atoms with van der Waals surface area (Å²) in [6.07, 6.45) is 0.969. The Kier molecular flexibility index (Phi) is 6.75. The molecule has 0 saturated carbocycles. The zero-order valence-corrected chi connectivity index (χ0v) is 18.4. The Bertz CT molecular complexity index is 943. The van der Waals surface area contributed by atoms with Gasteiger partial charge in [-0.15, -0.1) is 0 Å². The molecule has 1 aliphatic heterocycles. The van der Waals surface area contributed by atoms with Crippen molar-refractivity contribution in [3.05, 3.63) is 71.3 Å². The number of rotatable bonds is 8. The van der Waals surface area contributed by atoms with Crippen LogP contribution in [0.15, 0.2) is 54.6 Å². The van der Waals surface area contributed by atoms with Crippen molar-refractivity contribution in [2.45, 2.75) is 45.7 Å². The molecule has 3 N–H and O–H groups in total. The molecule has 4 amide bonds. The van der Waals surface area contributed by atoms with Gasteiger partial charge in [0.25, 0.3) is 11.8 Å². The summed E-state index contributed by atoms with van der Waals surface area (Å²) < 4.78 is 0. The van der Waals surface area contributed by atoms with Gasteiger partial charge in [0.15, 0.2) is 0 Å². The molecule has 0 spiro atoms. The molecule has 2 atom stereocenters. The molecular weight excluding hydrogens is 392 g/mol. The summed E-state index contributed by atoms with van der Waals surface area (Å²) in [5.74, 6) is -0.734. The molecule has 1 fully saturated rings. The number of amides is 4. The zero-order chi connectivity index (χ0) is 22.6. The van der Waals surface area contributed by atoms with E-state index in [0.717, 1.165) is 17.0 Å². The predicted octanol–water partition coefficient (Wildman–Crippen LogP) is 3.03. The number of nitrogens with one attached hydrogen (secondary N) is 3. The van der Waals surface area contributed by atoms with Gasteiger partial charge in [-0.3, -0.25) is 15.0 Å². The summed E-state index contributed by atoms with van der Waals surface area (Å²) in [5.41, 5.74) is 4.21. The van der Waals surface area contributed by atoms with E-state index >= 15 is 0 Å². The molecule has 1 saturated heterocycles. The minimum atomic E-state index is -1.22. The molecule has 2 aromatic carbocycles. The minimum Gasteiger partial charge on any atom is -0.318 e. The molecule has 3 rings (SSSR count). The summed E-state index contributed by atoms with van der Waals surface area (Å²) in [4.78, 5) is 37.9. The Balaban J connectivity index is 1.64. The molecule has 1 aliphatic rings. The van der Waals surface area contributed by atoms with Gasteiger partial charge in [-0.25, -0.2) is 4.79 Å². The molecule has 0 aromatic heterocycles. The number of carbonyl (C=O) groups excluding carboxylic acids is 3. The number of nitrogens with zero attached hydrogens (tertiary/aromatic N) is 1. The first-order chi connectivity index (χ1) is 14.8. The summed E-state index contributed by atoms with van der Waals surface area (Å²) >= 11 is 0. The average Bonchev–Trinajstić information content (AvgIpc) is 2.98. The Morgan fingerprint density at radius 3 is 2.29 bits per heavy atom. The van der Waals surface area contributed by atoms with Crippen LogP contribution in [0.1, 0.15) is 50.4 Å². The molecule has 0 unspecified atom stereocenters. The third kappa shape index (κ3) is 4.77. The van der Waals surface area contributed by atoms with E-state index in [9.17, 15) is 14.4 Å². The second-order valence-corrected chi connectivity index (χ2v) is 8.29. The smallest absolute Gasteiger partial charge is 0.318 e. The number of carbonyl (C=O) groups is 3. The van der Waals surface area contributed by atoms with Gasteiger partial charge < -0.3 is 10.6 Å². The Morgan fingerprint density at radius 1 is 1.06 bits per heavy atom. The topological polar surface area (TPSA) is 90.5 Å². The van der Waals surface area contributed by atoms with Gasteiger partial charge in [-0.1, -0.05) is 75.4 Å². The molecule has 7 heteroatoms. The number of benzene rings is 2. The van der Waals surface area contributed by atoms with Crippen LogP contribution >= 0.6 is 0 Å². The highest BCUT2D eigenvalue weighted by Gasteiger charge is 2.49. The average molecular weight is 423 g/mol. The van der Waals surface area contributed by atoms with Crippen LogP contribution in [0.3, 0.4) is 0 Å². The summed E-state index contributed by atoms with van der Waals surface area (Å²) in [6, 6.07) is 16.6. The normalized spacial score (nSPS) is 19.5. The van der Waals surface area contributed by atoms with Crippen LogP contribution in [0.2, 0.25) is 0 Å². The number of urea groups is 1. The van der Waals surface area contributed by atoms with Gasteiger partial charge in [0.2, 0.25) is 0 Å². The van der Waals surface area contributed by atoms with Gasteiger partial charge in [0, 0.05) is 6.04 Å². The molecule has 31 heavy (non-hydrogen) atoms. The number of aryl methyl sites for hydroxylation is 1. The summed E-state index contributed by atoms with van der Waals surface area (Å²) in [5, 5.41) is 6.68. The predicted molar refractivity (Wildman–Crippen MR) is 119 cm³/mol. The fraction of sp³-hybridized carbons (Fsp3) is 0.375. The van der Waals surface area contributed by atoms with Crippen molar-refractivity contribution in [2.24, 2.45) is 5.92 Å². The highest BCUT2D eigenvalue weighted by atomic mass is 16.2. The van der Waals surface area contributed by atoms with Crippen LogP contribution < -0.4 is 16.1 Å². The fourth-order valence-corrected chi connectivity index (χ4v) is 3.77. The third-order valence-electron chi connectivity index (χ3n) is 5.67. The molecule has 7 nitrogen and oxygen atoms in total. The van der Waals surface area contributed by atoms with Crippen molar-refractivity contribution in [1.82, 2.24) is 21.1 Å². The first kappa shape index (κ1) is 22.5. The monoisotopic (exact) mass is 422 g/mol. The summed E-state index contributed by atoms with van der Waals surface area (Å²) in [6.45, 7) is 7.85. The highest BCUT2D eigenvalue weighted by Crippen LogP contribution is 2.27. The number of hydrogen-bond donors (Lipinski definition) is 3. The maximum Gasteiger partial charge on any atom is 0.344 e. The van der Waals surface area contributed by atoms with E-state index in [-0.39, 0.29) is 18.5 Å². The van der Waals surface area contributed by atoms with E-state index in [4.69, 9.17) is 0 Å². The maximum absolute atomic E-state index is 12.9. The van der Waals surface area contributed by atoms with Gasteiger partial charge >= 0.3 is 6.03 Å². The van der Waals surface area contributed by atoms with Crippen molar-refractivity contribution in [1.29, 1.82) is 0 Å². The first-order valence-electron chi connectivity index (χ1n) is 10.6. The van der Waals surface area contributed by atoms with E-state index in [1.54, 1.807) is 31.2 Å². The van der Waals surface area contributed by atoms with E-state index in [1.807, 2.05) is 6.07 Å². The van der Waals surface area contributed by atoms with Gasteiger partial charge in [0.1, 0.15) is 5.54 Å². The standard InChI is InChI=1S/C24H30N4O3/c1-5-17-11-13-18(14-12-17)21(16(2)3)25-15-20(29)27-28-22(30)24(4,26-23(28)31)19-9-7-6-8-10-19/h6-14,16,21,25H,5,15H2,1-4H3,(H,26,31)(H,27,29)/t21-,24-/m0/s1. The van der Waals surface area contributed by atoms with Gasteiger partial charge in [-0.05, 0) is 36.0 Å². The minimum absolute atomic E-state index is 0.0303. The Labute approximate surface area is 183 Å². The first-order valence-corrected chi connectivity index (χ1v) is 10.6. The van der Waals surface area contributed by atoms with Crippen LogP contribution in [0.5, 0.6) is 0 Å². The van der Waals surface area contributed by atoms with E-state index in [2.05, 4.69) is 61.1 Å². The van der Waals surface area contributed by atoms with Crippen LogP contribution in [0.25, 0.3) is 0 Å². The Hall–Kier alpha value is -3.19. The van der Waals surface area contributed by atoms with Crippen LogP contribution in [-0.4, -0.2) is 29.4 Å². The number of imide groups is 1. The largest absolute Gasteiger partial charge is 0.344 e. The van der Waals surface area contributed by atoms with Crippen molar-refractivity contribution >= 4 is 17.8 Å². The van der Waals surface area contributed by atoms with E-state index in [1.165, 1.54) is 5.56 Å². The van der Waals surface area contributed by atoms with Gasteiger partial charge in [0.05, 0.1) is 6.54 Å². The number of hydrazine groups is 1. The Morgan fingerprint density at radius 2 is 1.71 bits per heavy atom.